The Morgan fingerprint density at radius 2 is 1.86 bits per heavy atom. The number of hydrogen-bond acceptors (Lipinski definition) is 10. The van der Waals surface area contributed by atoms with E-state index in [9.17, 15) is 18.4 Å². The Labute approximate surface area is 210 Å². The Morgan fingerprint density at radius 3 is 2.54 bits per heavy atom. The van der Waals surface area contributed by atoms with E-state index in [2.05, 4.69) is 25.8 Å². The molecule has 0 radical (unpaired) electrons. The number of nitrogens with zero attached hydrogens (tertiary/aromatic N) is 3. The van der Waals surface area contributed by atoms with E-state index in [0.29, 0.717) is 31.6 Å². The van der Waals surface area contributed by atoms with Crippen molar-refractivity contribution in [3.05, 3.63) is 48.0 Å². The highest BCUT2D eigenvalue weighted by Crippen LogP contribution is 2.38. The molecular formula is C24H25F2N5O6. The molecule has 1 aromatic carbocycles. The van der Waals surface area contributed by atoms with Gasteiger partial charge in [0.1, 0.15) is 17.5 Å². The zero-order valence-electron chi connectivity index (χ0n) is 20.3. The fourth-order valence-corrected chi connectivity index (χ4v) is 3.95. The van der Waals surface area contributed by atoms with Gasteiger partial charge in [-0.1, -0.05) is 5.10 Å². The maximum absolute atomic E-state index is 13.4. The van der Waals surface area contributed by atoms with Gasteiger partial charge in [0.25, 0.3) is 0 Å². The van der Waals surface area contributed by atoms with Crippen molar-refractivity contribution in [1.82, 2.24) is 15.2 Å². The number of rotatable bonds is 8. The molecule has 2 aromatic heterocycles. The second-order valence-electron chi connectivity index (χ2n) is 8.71. The van der Waals surface area contributed by atoms with Gasteiger partial charge in [0.05, 0.1) is 25.8 Å². The molecule has 196 valence electrons. The van der Waals surface area contributed by atoms with Crippen LogP contribution in [0.5, 0.6) is 11.6 Å². The van der Waals surface area contributed by atoms with Crippen molar-refractivity contribution < 1.29 is 37.0 Å². The van der Waals surface area contributed by atoms with Crippen LogP contribution in [-0.2, 0) is 9.53 Å². The van der Waals surface area contributed by atoms with Gasteiger partial charge in [-0.2, -0.15) is 0 Å². The second kappa shape index (κ2) is 10.8. The molecule has 3 aromatic rings. The molecule has 1 aliphatic carbocycles. The number of methoxy groups -OCH3 is 2. The molecule has 0 bridgehead atoms. The monoisotopic (exact) mass is 517 g/mol. The number of esters is 1. The number of carbonyl (C=O) groups is 2. The smallest absolute Gasteiger partial charge is 0.320 e. The highest BCUT2D eigenvalue weighted by Gasteiger charge is 2.39. The van der Waals surface area contributed by atoms with Gasteiger partial charge < -0.3 is 29.3 Å². The maximum Gasteiger partial charge on any atom is 0.320 e. The first-order valence-electron chi connectivity index (χ1n) is 11.4. The molecule has 37 heavy (non-hydrogen) atoms. The van der Waals surface area contributed by atoms with Crippen LogP contribution in [0.3, 0.4) is 0 Å². The lowest BCUT2D eigenvalue weighted by molar-refractivity contribution is -0.154. The Balaban J connectivity index is 1.37. The number of halogens is 2. The van der Waals surface area contributed by atoms with E-state index >= 15 is 0 Å². The summed E-state index contributed by atoms with van der Waals surface area (Å²) in [5, 5.41) is 12.5. The lowest BCUT2D eigenvalue weighted by atomic mass is 9.75. The van der Waals surface area contributed by atoms with Crippen LogP contribution in [0.1, 0.15) is 43.3 Å². The van der Waals surface area contributed by atoms with Gasteiger partial charge >= 0.3 is 23.8 Å². The predicted octanol–water partition coefficient (Wildman–Crippen LogP) is 4.25. The SMILES string of the molecule is COC(=O)C1(C)CCC(Oc2cc(OC)c(NC(=O)c3nnc(Nc4ccc(F)c(F)c4)o3)cn2)CC1. The molecule has 11 nitrogen and oxygen atoms in total. The van der Waals surface area contributed by atoms with E-state index < -0.39 is 23.0 Å². The predicted molar refractivity (Wildman–Crippen MR) is 126 cm³/mol. The van der Waals surface area contributed by atoms with Gasteiger partial charge in [0.15, 0.2) is 11.6 Å². The standard InChI is InChI=1S/C24H25F2N5O6/c1-24(22(33)35-3)8-6-14(7-9-24)36-19-11-18(34-2)17(12-27-19)29-20(32)21-30-31-23(37-21)28-13-4-5-15(25)16(26)10-13/h4-5,10-12,14H,6-9H2,1-3H3,(H,28,31)(H,29,32). The van der Waals surface area contributed by atoms with Gasteiger partial charge in [-0.15, -0.1) is 5.10 Å². The Bertz CT molecular complexity index is 1290. The summed E-state index contributed by atoms with van der Waals surface area (Å²) in [4.78, 5) is 28.8. The van der Waals surface area contributed by atoms with Crippen molar-refractivity contribution >= 4 is 29.3 Å². The summed E-state index contributed by atoms with van der Waals surface area (Å²) in [5.74, 6) is -2.82. The van der Waals surface area contributed by atoms with Crippen LogP contribution in [0.2, 0.25) is 0 Å². The number of ether oxygens (including phenoxy) is 3. The number of anilines is 3. The largest absolute Gasteiger partial charge is 0.494 e. The molecule has 13 heteroatoms. The van der Waals surface area contributed by atoms with Gasteiger partial charge in [-0.3, -0.25) is 9.59 Å². The molecule has 2 heterocycles. The molecule has 4 rings (SSSR count). The van der Waals surface area contributed by atoms with E-state index in [0.717, 1.165) is 12.1 Å². The summed E-state index contributed by atoms with van der Waals surface area (Å²) in [6.07, 6.45) is 3.82. The maximum atomic E-state index is 13.4. The minimum Gasteiger partial charge on any atom is -0.494 e. The molecular weight excluding hydrogens is 492 g/mol. The third-order valence-electron chi connectivity index (χ3n) is 6.10. The van der Waals surface area contributed by atoms with Gasteiger partial charge in [0, 0.05) is 17.8 Å². The highest BCUT2D eigenvalue weighted by molar-refractivity contribution is 6.01. The van der Waals surface area contributed by atoms with Crippen molar-refractivity contribution in [3.8, 4) is 11.6 Å². The molecule has 1 fully saturated rings. The molecule has 2 N–H and O–H groups in total. The fourth-order valence-electron chi connectivity index (χ4n) is 3.95. The van der Waals surface area contributed by atoms with Crippen LogP contribution in [0.4, 0.5) is 26.2 Å². The summed E-state index contributed by atoms with van der Waals surface area (Å²) >= 11 is 0. The minimum atomic E-state index is -1.06. The third kappa shape index (κ3) is 5.93. The lowest BCUT2D eigenvalue weighted by Gasteiger charge is -2.34. The minimum absolute atomic E-state index is 0.130. The highest BCUT2D eigenvalue weighted by atomic mass is 19.2. The van der Waals surface area contributed by atoms with Crippen molar-refractivity contribution in [2.75, 3.05) is 24.9 Å². The fraction of sp³-hybridized carbons (Fsp3) is 0.375. The summed E-state index contributed by atoms with van der Waals surface area (Å²) in [6, 6.07) is 4.45. The van der Waals surface area contributed by atoms with Crippen molar-refractivity contribution in [2.45, 2.75) is 38.7 Å². The summed E-state index contributed by atoms with van der Waals surface area (Å²) in [5.41, 5.74) is -0.133. The summed E-state index contributed by atoms with van der Waals surface area (Å²) in [6.45, 7) is 1.89. The number of pyridine rings is 1. The Hall–Kier alpha value is -4.29. The number of aromatic nitrogens is 3. The lowest BCUT2D eigenvalue weighted by Crippen LogP contribution is -2.36. The van der Waals surface area contributed by atoms with Crippen LogP contribution in [-0.4, -0.2) is 47.4 Å². The van der Waals surface area contributed by atoms with Crippen molar-refractivity contribution in [1.29, 1.82) is 0 Å². The first-order chi connectivity index (χ1) is 17.7. The first kappa shape index (κ1) is 25.8. The van der Waals surface area contributed by atoms with Crippen LogP contribution in [0, 0.1) is 17.0 Å². The van der Waals surface area contributed by atoms with E-state index in [1.165, 1.54) is 32.5 Å². The molecule has 0 atom stereocenters. The van der Waals surface area contributed by atoms with E-state index in [1.807, 2.05) is 6.92 Å². The van der Waals surface area contributed by atoms with Crippen molar-refractivity contribution in [3.63, 3.8) is 0 Å². The average Bonchev–Trinajstić information content (AvgIpc) is 3.36. The Kier molecular flexibility index (Phi) is 7.50. The van der Waals surface area contributed by atoms with E-state index in [-0.39, 0.29) is 41.1 Å². The quantitative estimate of drug-likeness (QED) is 0.417. The normalized spacial score (nSPS) is 19.1. The van der Waals surface area contributed by atoms with Crippen molar-refractivity contribution in [2.24, 2.45) is 5.41 Å². The van der Waals surface area contributed by atoms with Crippen LogP contribution >= 0.6 is 0 Å². The van der Waals surface area contributed by atoms with Crippen LogP contribution in [0.15, 0.2) is 34.9 Å². The molecule has 0 unspecified atom stereocenters. The zero-order chi connectivity index (χ0) is 26.6. The second-order valence-corrected chi connectivity index (χ2v) is 8.71. The summed E-state index contributed by atoms with van der Waals surface area (Å²) < 4.78 is 47.9. The molecule has 1 saturated carbocycles. The number of hydrogen-bond donors (Lipinski definition) is 2. The van der Waals surface area contributed by atoms with E-state index in [4.69, 9.17) is 18.6 Å². The summed E-state index contributed by atoms with van der Waals surface area (Å²) in [7, 11) is 2.81. The van der Waals surface area contributed by atoms with E-state index in [1.54, 1.807) is 0 Å². The molecule has 0 aliphatic heterocycles. The van der Waals surface area contributed by atoms with Gasteiger partial charge in [0.2, 0.25) is 5.88 Å². The molecule has 0 saturated heterocycles. The average molecular weight is 517 g/mol. The molecule has 1 amide bonds. The first-order valence-corrected chi connectivity index (χ1v) is 11.4. The topological polar surface area (TPSA) is 138 Å². The van der Waals surface area contributed by atoms with Crippen LogP contribution < -0.4 is 20.1 Å². The number of nitrogens with one attached hydrogen (secondary N) is 2. The molecule has 0 spiro atoms. The van der Waals surface area contributed by atoms with Gasteiger partial charge in [-0.25, -0.2) is 13.8 Å². The number of carbonyl (C=O) groups excluding carboxylic acids is 2. The number of benzene rings is 1. The van der Waals surface area contributed by atoms with Crippen LogP contribution in [0.25, 0.3) is 0 Å². The number of amides is 1. The molecule has 1 aliphatic rings. The van der Waals surface area contributed by atoms with Gasteiger partial charge in [-0.05, 0) is 44.7 Å². The third-order valence-corrected chi connectivity index (χ3v) is 6.10. The zero-order valence-corrected chi connectivity index (χ0v) is 20.3. The Morgan fingerprint density at radius 1 is 1.11 bits per heavy atom.